The van der Waals surface area contributed by atoms with Crippen molar-refractivity contribution in [1.82, 2.24) is 9.88 Å². The minimum absolute atomic E-state index is 0.167. The first-order chi connectivity index (χ1) is 8.18. The van der Waals surface area contributed by atoms with E-state index in [2.05, 4.69) is 23.4 Å². The van der Waals surface area contributed by atoms with E-state index in [1.165, 1.54) is 24.2 Å². The number of nitrogens with one attached hydrogen (secondary N) is 1. The Morgan fingerprint density at radius 2 is 2.06 bits per heavy atom. The first kappa shape index (κ1) is 10.8. The van der Waals surface area contributed by atoms with Crippen molar-refractivity contribution in [2.75, 3.05) is 6.54 Å². The highest BCUT2D eigenvalue weighted by molar-refractivity contribution is 5.89. The molecule has 17 heavy (non-hydrogen) atoms. The van der Waals surface area contributed by atoms with Crippen molar-refractivity contribution in [2.45, 2.75) is 52.1 Å². The summed E-state index contributed by atoms with van der Waals surface area (Å²) in [7, 11) is 0. The number of aromatic nitrogens is 2. The van der Waals surface area contributed by atoms with Crippen molar-refractivity contribution in [2.24, 2.45) is 0 Å². The Balaban J connectivity index is 2.02. The Labute approximate surface area is 102 Å². The average molecular weight is 234 g/mol. The van der Waals surface area contributed by atoms with Gasteiger partial charge in [-0.15, -0.1) is 0 Å². The molecule has 1 aliphatic heterocycles. The maximum absolute atomic E-state index is 12.3. The second-order valence-electron chi connectivity index (χ2n) is 5.35. The van der Waals surface area contributed by atoms with Gasteiger partial charge in [-0.05, 0) is 26.7 Å². The number of rotatable bonds is 1. The van der Waals surface area contributed by atoms with Crippen molar-refractivity contribution in [3.8, 4) is 0 Å². The summed E-state index contributed by atoms with van der Waals surface area (Å²) < 4.78 is 2.22. The fourth-order valence-corrected chi connectivity index (χ4v) is 3.02. The van der Waals surface area contributed by atoms with E-state index in [0.717, 1.165) is 31.8 Å². The summed E-state index contributed by atoms with van der Waals surface area (Å²) in [5, 5.41) is 0. The Kier molecular flexibility index (Phi) is 2.45. The molecule has 1 aromatic heterocycles. The lowest BCUT2D eigenvalue weighted by atomic mass is 10.0. The van der Waals surface area contributed by atoms with Gasteiger partial charge in [0.15, 0.2) is 0 Å². The van der Waals surface area contributed by atoms with E-state index in [9.17, 15) is 4.79 Å². The zero-order valence-electron chi connectivity index (χ0n) is 10.6. The van der Waals surface area contributed by atoms with Gasteiger partial charge in [0.1, 0.15) is 17.9 Å². The molecule has 0 unspecified atom stereocenters. The van der Waals surface area contributed by atoms with Gasteiger partial charge >= 0.3 is 11.7 Å². The number of hydrogen-bond donors (Lipinski definition) is 1. The first-order valence-corrected chi connectivity index (χ1v) is 6.63. The van der Waals surface area contributed by atoms with Crippen LogP contribution in [0.4, 0.5) is 0 Å². The number of aromatic amines is 1. The maximum Gasteiger partial charge on any atom is 0.346 e. The molecule has 0 radical (unpaired) electrons. The van der Waals surface area contributed by atoms with Crippen molar-refractivity contribution < 1.29 is 9.36 Å². The van der Waals surface area contributed by atoms with Crippen LogP contribution in [0.25, 0.3) is 0 Å². The number of carbonyl (C=O) groups is 1. The van der Waals surface area contributed by atoms with Crippen LogP contribution in [0.1, 0.15) is 48.7 Å². The van der Waals surface area contributed by atoms with Crippen LogP contribution >= 0.6 is 0 Å². The molecule has 4 nitrogen and oxygen atoms in total. The van der Waals surface area contributed by atoms with E-state index < -0.39 is 0 Å². The van der Waals surface area contributed by atoms with Crippen LogP contribution in [0.15, 0.2) is 0 Å². The summed E-state index contributed by atoms with van der Waals surface area (Å²) in [5.74, 6) is 0.970. The Hall–Kier alpha value is -1.32. The smallest absolute Gasteiger partial charge is 0.326 e. The molecular weight excluding hydrogens is 214 g/mol. The van der Waals surface area contributed by atoms with E-state index in [-0.39, 0.29) is 11.9 Å². The predicted molar refractivity (Wildman–Crippen MR) is 63.8 cm³/mol. The third-order valence-electron chi connectivity index (χ3n) is 3.96. The third kappa shape index (κ3) is 1.58. The van der Waals surface area contributed by atoms with Crippen LogP contribution in [0.5, 0.6) is 0 Å². The minimum atomic E-state index is 0.167. The fourth-order valence-electron chi connectivity index (χ4n) is 3.02. The number of hydrogen-bond acceptors (Lipinski definition) is 1. The van der Waals surface area contributed by atoms with E-state index in [0.29, 0.717) is 0 Å². The molecule has 1 aromatic rings. The van der Waals surface area contributed by atoms with Crippen LogP contribution in [0.3, 0.4) is 0 Å². The zero-order chi connectivity index (χ0) is 12.0. The lowest BCUT2D eigenvalue weighted by Crippen LogP contribution is -2.56. The van der Waals surface area contributed by atoms with Crippen LogP contribution in [-0.2, 0) is 19.4 Å². The van der Waals surface area contributed by atoms with Crippen LogP contribution < -0.4 is 4.57 Å². The topological polar surface area (TPSA) is 40.0 Å². The van der Waals surface area contributed by atoms with E-state index in [1.54, 1.807) is 0 Å². The van der Waals surface area contributed by atoms with Crippen LogP contribution in [0, 0.1) is 0 Å². The lowest BCUT2D eigenvalue weighted by molar-refractivity contribution is -0.708. The summed E-state index contributed by atoms with van der Waals surface area (Å²) in [6, 6.07) is 0.288. The standard InChI is InChI=1S/C13H19N3O/c1-9(2)15-7-8-16-11-6-4-3-5-10(11)14-12(16)13(15)17/h9H,3-8H2,1-2H3/p+1. The molecule has 1 aliphatic carbocycles. The van der Waals surface area contributed by atoms with Gasteiger partial charge in [-0.25, -0.2) is 9.55 Å². The summed E-state index contributed by atoms with van der Waals surface area (Å²) in [6.45, 7) is 5.95. The molecule has 0 spiro atoms. The SMILES string of the molecule is CC(C)N1CC[n+]2c([nH]c3c2CCCC3)C1=O. The van der Waals surface area contributed by atoms with E-state index >= 15 is 0 Å². The molecule has 2 heterocycles. The first-order valence-electron chi connectivity index (χ1n) is 6.63. The van der Waals surface area contributed by atoms with Gasteiger partial charge in [-0.2, -0.15) is 0 Å². The third-order valence-corrected chi connectivity index (χ3v) is 3.96. The van der Waals surface area contributed by atoms with E-state index in [4.69, 9.17) is 0 Å². The molecule has 0 saturated heterocycles. The van der Waals surface area contributed by atoms with Gasteiger partial charge in [-0.1, -0.05) is 0 Å². The molecule has 0 saturated carbocycles. The highest BCUT2D eigenvalue weighted by Gasteiger charge is 2.37. The molecule has 1 amide bonds. The molecule has 0 bridgehead atoms. The molecular formula is C13H20N3O+. The summed E-state index contributed by atoms with van der Waals surface area (Å²) in [4.78, 5) is 17.7. The van der Waals surface area contributed by atoms with Gasteiger partial charge in [0.05, 0.1) is 6.54 Å². The van der Waals surface area contributed by atoms with Crippen LogP contribution in [-0.4, -0.2) is 28.4 Å². The van der Waals surface area contributed by atoms with E-state index in [1.807, 2.05) is 4.90 Å². The van der Waals surface area contributed by atoms with Gasteiger partial charge in [0, 0.05) is 18.9 Å². The molecule has 0 aromatic carbocycles. The van der Waals surface area contributed by atoms with Crippen molar-refractivity contribution in [3.63, 3.8) is 0 Å². The number of amides is 1. The van der Waals surface area contributed by atoms with Gasteiger partial charge in [-0.3, -0.25) is 4.79 Å². The van der Waals surface area contributed by atoms with Gasteiger partial charge < -0.3 is 4.90 Å². The summed E-state index contributed by atoms with van der Waals surface area (Å²) in [5.41, 5.74) is 2.67. The van der Waals surface area contributed by atoms with Crippen molar-refractivity contribution >= 4 is 5.91 Å². The van der Waals surface area contributed by atoms with Crippen molar-refractivity contribution in [1.29, 1.82) is 0 Å². The molecule has 0 atom stereocenters. The van der Waals surface area contributed by atoms with Crippen molar-refractivity contribution in [3.05, 3.63) is 17.2 Å². The number of nitrogens with zero attached hydrogens (tertiary/aromatic N) is 2. The maximum atomic E-state index is 12.3. The normalized spacial score (nSPS) is 19.5. The Morgan fingerprint density at radius 3 is 2.82 bits per heavy atom. The lowest BCUT2D eigenvalue weighted by Gasteiger charge is -2.28. The number of H-pyrrole nitrogens is 1. The monoisotopic (exact) mass is 234 g/mol. The largest absolute Gasteiger partial charge is 0.346 e. The summed E-state index contributed by atoms with van der Waals surface area (Å²) >= 11 is 0. The molecule has 92 valence electrons. The summed E-state index contributed by atoms with van der Waals surface area (Å²) in [6.07, 6.45) is 4.73. The average Bonchev–Trinajstić information content (AvgIpc) is 2.69. The molecule has 2 aliphatic rings. The Morgan fingerprint density at radius 1 is 1.29 bits per heavy atom. The number of fused-ring (bicyclic) bond motifs is 3. The van der Waals surface area contributed by atoms with Gasteiger partial charge in [0.2, 0.25) is 0 Å². The quantitative estimate of drug-likeness (QED) is 0.725. The zero-order valence-corrected chi connectivity index (χ0v) is 10.6. The Bertz CT molecular complexity index is 461. The minimum Gasteiger partial charge on any atom is -0.326 e. The predicted octanol–water partition coefficient (Wildman–Crippen LogP) is 1.05. The highest BCUT2D eigenvalue weighted by Crippen LogP contribution is 2.20. The molecule has 1 N–H and O–H groups in total. The highest BCUT2D eigenvalue weighted by atomic mass is 16.2. The molecule has 3 rings (SSSR count). The molecule has 4 heteroatoms. The van der Waals surface area contributed by atoms with Gasteiger partial charge in [0.25, 0.3) is 0 Å². The number of imidazole rings is 1. The number of carbonyl (C=O) groups excluding carboxylic acids is 1. The molecule has 0 fully saturated rings. The fraction of sp³-hybridized carbons (Fsp3) is 0.692. The van der Waals surface area contributed by atoms with Crippen LogP contribution in [0.2, 0.25) is 0 Å². The number of aryl methyl sites for hydroxylation is 1. The second-order valence-corrected chi connectivity index (χ2v) is 5.35. The second kappa shape index (κ2) is 3.86.